The first-order valence-corrected chi connectivity index (χ1v) is 6.35. The Hall–Kier alpha value is -0.0400. The van der Waals surface area contributed by atoms with E-state index in [1.165, 1.54) is 32.4 Å². The van der Waals surface area contributed by atoms with Gasteiger partial charge in [0.15, 0.2) is 0 Å². The van der Waals surface area contributed by atoms with Gasteiger partial charge in [-0.05, 0) is 36.6 Å². The van der Waals surface area contributed by atoms with Crippen molar-refractivity contribution in [1.82, 2.24) is 4.90 Å². The van der Waals surface area contributed by atoms with Crippen molar-refractivity contribution in [3.63, 3.8) is 0 Å². The van der Waals surface area contributed by atoms with Crippen LogP contribution in [0.5, 0.6) is 0 Å². The van der Waals surface area contributed by atoms with E-state index >= 15 is 0 Å². The Morgan fingerprint density at radius 3 is 2.57 bits per heavy atom. The minimum atomic E-state index is 0.611. The van der Waals surface area contributed by atoms with Crippen molar-refractivity contribution >= 4 is 0 Å². The second-order valence-corrected chi connectivity index (χ2v) is 5.70. The normalized spacial score (nSPS) is 48.4. The first-order chi connectivity index (χ1) is 6.61. The smallest absolute Gasteiger partial charge is 0.0101 e. The zero-order chi connectivity index (χ0) is 10.3. The molecule has 2 heterocycles. The van der Waals surface area contributed by atoms with E-state index in [2.05, 4.69) is 32.6 Å². The highest BCUT2D eigenvalue weighted by Crippen LogP contribution is 2.52. The Morgan fingerprint density at radius 1 is 1.29 bits per heavy atom. The SMILES string of the molecule is CCC1CC2C[C@@H](C)[C@@]1(C)CN2CC. The summed E-state index contributed by atoms with van der Waals surface area (Å²) in [6, 6.07) is 0.904. The van der Waals surface area contributed by atoms with Gasteiger partial charge in [-0.15, -0.1) is 0 Å². The molecule has 1 nitrogen and oxygen atoms in total. The molecule has 2 unspecified atom stereocenters. The summed E-state index contributed by atoms with van der Waals surface area (Å²) >= 11 is 0. The van der Waals surface area contributed by atoms with Gasteiger partial charge < -0.3 is 4.90 Å². The summed E-state index contributed by atoms with van der Waals surface area (Å²) in [5.74, 6) is 1.92. The Bertz CT molecular complexity index is 213. The summed E-state index contributed by atoms with van der Waals surface area (Å²) < 4.78 is 0. The van der Waals surface area contributed by atoms with E-state index in [-0.39, 0.29) is 0 Å². The molecule has 0 aromatic rings. The molecule has 2 aliphatic heterocycles. The molecule has 2 saturated heterocycles. The van der Waals surface area contributed by atoms with Crippen LogP contribution in [0.2, 0.25) is 0 Å². The minimum Gasteiger partial charge on any atom is -0.300 e. The van der Waals surface area contributed by atoms with E-state index in [0.717, 1.165) is 17.9 Å². The van der Waals surface area contributed by atoms with Crippen molar-refractivity contribution in [3.8, 4) is 0 Å². The first kappa shape index (κ1) is 10.5. The standard InChI is InChI=1S/C13H25N/c1-5-11-8-12-7-10(3)13(11,4)9-14(12)6-2/h10-12H,5-9H2,1-4H3/t10-,11?,12?,13-/m1/s1. The predicted molar refractivity (Wildman–Crippen MR) is 61.3 cm³/mol. The van der Waals surface area contributed by atoms with Crippen molar-refractivity contribution in [2.24, 2.45) is 17.3 Å². The lowest BCUT2D eigenvalue weighted by atomic mass is 9.56. The van der Waals surface area contributed by atoms with Gasteiger partial charge in [-0.3, -0.25) is 0 Å². The van der Waals surface area contributed by atoms with Gasteiger partial charge in [0.25, 0.3) is 0 Å². The number of nitrogens with zero attached hydrogens (tertiary/aromatic N) is 1. The summed E-state index contributed by atoms with van der Waals surface area (Å²) in [7, 11) is 0. The maximum atomic E-state index is 2.71. The molecule has 1 aliphatic carbocycles. The topological polar surface area (TPSA) is 3.24 Å². The summed E-state index contributed by atoms with van der Waals surface area (Å²) in [5, 5.41) is 0. The lowest BCUT2D eigenvalue weighted by Gasteiger charge is -2.59. The quantitative estimate of drug-likeness (QED) is 0.654. The number of fused-ring (bicyclic) bond motifs is 3. The van der Waals surface area contributed by atoms with Gasteiger partial charge in [-0.2, -0.15) is 0 Å². The molecular formula is C13H25N. The molecule has 1 saturated carbocycles. The van der Waals surface area contributed by atoms with Crippen LogP contribution in [0.4, 0.5) is 0 Å². The van der Waals surface area contributed by atoms with E-state index in [1.807, 2.05) is 0 Å². The van der Waals surface area contributed by atoms with Gasteiger partial charge in [-0.1, -0.05) is 34.1 Å². The molecular weight excluding hydrogens is 170 g/mol. The first-order valence-electron chi connectivity index (χ1n) is 6.35. The van der Waals surface area contributed by atoms with Crippen molar-refractivity contribution in [2.45, 2.75) is 53.0 Å². The number of hydrogen-bond donors (Lipinski definition) is 0. The number of piperidine rings is 2. The Morgan fingerprint density at radius 2 is 2.00 bits per heavy atom. The lowest BCUT2D eigenvalue weighted by molar-refractivity contribution is -0.0953. The Labute approximate surface area is 88.9 Å². The van der Waals surface area contributed by atoms with Gasteiger partial charge >= 0.3 is 0 Å². The molecule has 3 fully saturated rings. The van der Waals surface area contributed by atoms with E-state index in [4.69, 9.17) is 0 Å². The molecule has 0 N–H and O–H groups in total. The zero-order valence-corrected chi connectivity index (χ0v) is 10.2. The average molecular weight is 195 g/mol. The van der Waals surface area contributed by atoms with E-state index in [1.54, 1.807) is 0 Å². The molecule has 0 aromatic heterocycles. The fourth-order valence-electron chi connectivity index (χ4n) is 3.93. The number of rotatable bonds is 2. The Balaban J connectivity index is 2.20. The van der Waals surface area contributed by atoms with Gasteiger partial charge in [0.05, 0.1) is 0 Å². The van der Waals surface area contributed by atoms with E-state index in [0.29, 0.717) is 5.41 Å². The van der Waals surface area contributed by atoms with Crippen LogP contribution in [0, 0.1) is 17.3 Å². The van der Waals surface area contributed by atoms with Crippen LogP contribution in [0.1, 0.15) is 47.0 Å². The van der Waals surface area contributed by atoms with Crippen molar-refractivity contribution in [3.05, 3.63) is 0 Å². The van der Waals surface area contributed by atoms with Crippen LogP contribution >= 0.6 is 0 Å². The molecule has 0 radical (unpaired) electrons. The summed E-state index contributed by atoms with van der Waals surface area (Å²) in [4.78, 5) is 2.71. The Kier molecular flexibility index (Phi) is 2.63. The maximum Gasteiger partial charge on any atom is 0.0101 e. The fourth-order valence-corrected chi connectivity index (χ4v) is 3.93. The molecule has 0 aromatic carbocycles. The highest BCUT2D eigenvalue weighted by molar-refractivity contribution is 5.02. The van der Waals surface area contributed by atoms with Crippen molar-refractivity contribution in [1.29, 1.82) is 0 Å². The van der Waals surface area contributed by atoms with Crippen LogP contribution < -0.4 is 0 Å². The third kappa shape index (κ3) is 1.32. The summed E-state index contributed by atoms with van der Waals surface area (Å²) in [6.45, 7) is 12.3. The maximum absolute atomic E-state index is 2.71. The van der Waals surface area contributed by atoms with Gasteiger partial charge in [0, 0.05) is 12.6 Å². The van der Waals surface area contributed by atoms with Crippen molar-refractivity contribution in [2.75, 3.05) is 13.1 Å². The third-order valence-electron chi connectivity index (χ3n) is 5.20. The summed E-state index contributed by atoms with van der Waals surface area (Å²) in [5.41, 5.74) is 0.611. The van der Waals surface area contributed by atoms with E-state index in [9.17, 15) is 0 Å². The highest BCUT2D eigenvalue weighted by Gasteiger charge is 2.50. The monoisotopic (exact) mass is 195 g/mol. The largest absolute Gasteiger partial charge is 0.300 e. The minimum absolute atomic E-state index is 0.611. The summed E-state index contributed by atoms with van der Waals surface area (Å²) in [6.07, 6.45) is 4.29. The zero-order valence-electron chi connectivity index (χ0n) is 10.2. The molecule has 3 aliphatic rings. The van der Waals surface area contributed by atoms with Crippen LogP contribution in [-0.4, -0.2) is 24.0 Å². The lowest BCUT2D eigenvalue weighted by Crippen LogP contribution is -2.60. The van der Waals surface area contributed by atoms with Crippen LogP contribution in [0.3, 0.4) is 0 Å². The second kappa shape index (κ2) is 3.52. The molecule has 1 heteroatoms. The van der Waals surface area contributed by atoms with Crippen molar-refractivity contribution < 1.29 is 0 Å². The van der Waals surface area contributed by atoms with Gasteiger partial charge in [-0.25, -0.2) is 0 Å². The predicted octanol–water partition coefficient (Wildman–Crippen LogP) is 3.15. The fraction of sp³-hybridized carbons (Fsp3) is 1.00. The molecule has 2 bridgehead atoms. The number of hydrogen-bond acceptors (Lipinski definition) is 1. The molecule has 14 heavy (non-hydrogen) atoms. The molecule has 4 atom stereocenters. The molecule has 0 spiro atoms. The van der Waals surface area contributed by atoms with Gasteiger partial charge in [0.2, 0.25) is 0 Å². The molecule has 82 valence electrons. The molecule has 0 amide bonds. The van der Waals surface area contributed by atoms with Crippen LogP contribution in [0.15, 0.2) is 0 Å². The van der Waals surface area contributed by atoms with Crippen LogP contribution in [-0.2, 0) is 0 Å². The third-order valence-corrected chi connectivity index (χ3v) is 5.20. The molecule has 3 rings (SSSR count). The highest BCUT2D eigenvalue weighted by atomic mass is 15.2. The van der Waals surface area contributed by atoms with Crippen LogP contribution in [0.25, 0.3) is 0 Å². The van der Waals surface area contributed by atoms with E-state index < -0.39 is 0 Å². The second-order valence-electron chi connectivity index (χ2n) is 5.70. The van der Waals surface area contributed by atoms with Gasteiger partial charge in [0.1, 0.15) is 0 Å². The average Bonchev–Trinajstić information content (AvgIpc) is 2.18.